The van der Waals surface area contributed by atoms with Gasteiger partial charge in [0.15, 0.2) is 0 Å². The molecular formula is C14H20ClNO3S2. The maximum atomic E-state index is 12.3. The number of thiophene rings is 1. The van der Waals surface area contributed by atoms with Crippen LogP contribution < -0.4 is 5.32 Å². The minimum atomic E-state index is -3.79. The molecule has 1 aliphatic rings. The van der Waals surface area contributed by atoms with Crippen molar-refractivity contribution >= 4 is 37.0 Å². The summed E-state index contributed by atoms with van der Waals surface area (Å²) in [6.45, 7) is 6.01. The Morgan fingerprint density at radius 2 is 1.86 bits per heavy atom. The van der Waals surface area contributed by atoms with Gasteiger partial charge in [0.2, 0.25) is 0 Å². The van der Waals surface area contributed by atoms with E-state index in [9.17, 15) is 13.2 Å². The summed E-state index contributed by atoms with van der Waals surface area (Å²) in [4.78, 5) is 12.3. The van der Waals surface area contributed by atoms with Gasteiger partial charge in [-0.2, -0.15) is 0 Å². The number of rotatable bonds is 3. The highest BCUT2D eigenvalue weighted by molar-refractivity contribution is 8.15. The quantitative estimate of drug-likeness (QED) is 0.849. The van der Waals surface area contributed by atoms with Gasteiger partial charge in [0, 0.05) is 22.1 Å². The SMILES string of the molecule is Cc1c(C(=O)NC2CC(C)CC(C)C2)csc1S(=O)(=O)Cl. The molecule has 1 heterocycles. The van der Waals surface area contributed by atoms with Crippen molar-refractivity contribution in [1.29, 1.82) is 0 Å². The molecule has 4 nitrogen and oxygen atoms in total. The van der Waals surface area contributed by atoms with E-state index in [0.29, 0.717) is 23.0 Å². The lowest BCUT2D eigenvalue weighted by Gasteiger charge is -2.31. The molecule has 118 valence electrons. The molecule has 1 amide bonds. The maximum absolute atomic E-state index is 12.3. The predicted octanol–water partition coefficient (Wildman–Crippen LogP) is 3.54. The van der Waals surface area contributed by atoms with Crippen molar-refractivity contribution in [3.63, 3.8) is 0 Å². The Kier molecular flexibility index (Phi) is 5.00. The Bertz CT molecular complexity index is 629. The van der Waals surface area contributed by atoms with Crippen LogP contribution in [0.4, 0.5) is 0 Å². The molecular weight excluding hydrogens is 330 g/mol. The van der Waals surface area contributed by atoms with Crippen molar-refractivity contribution in [2.45, 2.75) is 50.3 Å². The standard InChI is InChI=1S/C14H20ClNO3S2/c1-8-4-9(2)6-11(5-8)16-13(17)12-7-20-14(10(12)3)21(15,18)19/h7-9,11H,4-6H2,1-3H3,(H,16,17). The number of hydrogen-bond donors (Lipinski definition) is 1. The van der Waals surface area contributed by atoms with Crippen LogP contribution in [-0.2, 0) is 9.05 Å². The molecule has 21 heavy (non-hydrogen) atoms. The zero-order valence-corrected chi connectivity index (χ0v) is 14.7. The first-order valence-corrected chi connectivity index (χ1v) is 10.2. The highest BCUT2D eigenvalue weighted by Crippen LogP contribution is 2.31. The van der Waals surface area contributed by atoms with Gasteiger partial charge in [-0.1, -0.05) is 13.8 Å². The number of carbonyl (C=O) groups excluding carboxylic acids is 1. The summed E-state index contributed by atoms with van der Waals surface area (Å²) in [5.41, 5.74) is 0.842. The molecule has 1 saturated carbocycles. The number of amides is 1. The van der Waals surface area contributed by atoms with E-state index < -0.39 is 9.05 Å². The van der Waals surface area contributed by atoms with Gasteiger partial charge in [-0.15, -0.1) is 11.3 Å². The number of nitrogens with one attached hydrogen (secondary N) is 1. The van der Waals surface area contributed by atoms with Crippen LogP contribution in [0.2, 0.25) is 0 Å². The Balaban J connectivity index is 2.13. The fourth-order valence-corrected chi connectivity index (χ4v) is 5.74. The van der Waals surface area contributed by atoms with Crippen LogP contribution >= 0.6 is 22.0 Å². The van der Waals surface area contributed by atoms with Gasteiger partial charge in [-0.05, 0) is 43.6 Å². The van der Waals surface area contributed by atoms with Crippen molar-refractivity contribution in [2.24, 2.45) is 11.8 Å². The lowest BCUT2D eigenvalue weighted by molar-refractivity contribution is 0.0911. The average Bonchev–Trinajstić information content (AvgIpc) is 2.69. The molecule has 0 aliphatic heterocycles. The van der Waals surface area contributed by atoms with E-state index in [1.54, 1.807) is 12.3 Å². The second kappa shape index (κ2) is 6.26. The van der Waals surface area contributed by atoms with Crippen molar-refractivity contribution < 1.29 is 13.2 Å². The van der Waals surface area contributed by atoms with Gasteiger partial charge < -0.3 is 5.32 Å². The van der Waals surface area contributed by atoms with Gasteiger partial charge in [-0.3, -0.25) is 4.79 Å². The second-order valence-electron chi connectivity index (χ2n) is 6.09. The molecule has 1 N–H and O–H groups in total. The zero-order chi connectivity index (χ0) is 15.8. The summed E-state index contributed by atoms with van der Waals surface area (Å²) in [5.74, 6) is 0.990. The molecule has 1 aromatic rings. The molecule has 0 bridgehead atoms. The first-order valence-electron chi connectivity index (χ1n) is 7.02. The van der Waals surface area contributed by atoms with Crippen LogP contribution in [0.1, 0.15) is 49.0 Å². The first kappa shape index (κ1) is 16.8. The summed E-state index contributed by atoms with van der Waals surface area (Å²) < 4.78 is 22.9. The van der Waals surface area contributed by atoms with Gasteiger partial charge in [0.05, 0.1) is 5.56 Å². The maximum Gasteiger partial charge on any atom is 0.271 e. The molecule has 0 spiro atoms. The zero-order valence-electron chi connectivity index (χ0n) is 12.3. The van der Waals surface area contributed by atoms with E-state index in [4.69, 9.17) is 10.7 Å². The summed E-state index contributed by atoms with van der Waals surface area (Å²) in [6.07, 6.45) is 3.14. The monoisotopic (exact) mass is 349 g/mol. The molecule has 1 fully saturated rings. The minimum absolute atomic E-state index is 0.0553. The van der Waals surface area contributed by atoms with Crippen molar-refractivity contribution in [2.75, 3.05) is 0 Å². The highest BCUT2D eigenvalue weighted by Gasteiger charge is 2.27. The largest absolute Gasteiger partial charge is 0.349 e. The smallest absolute Gasteiger partial charge is 0.271 e. The third kappa shape index (κ3) is 3.99. The van der Waals surface area contributed by atoms with E-state index in [1.807, 2.05) is 0 Å². The van der Waals surface area contributed by atoms with Gasteiger partial charge in [-0.25, -0.2) is 8.42 Å². The molecule has 2 unspecified atom stereocenters. The summed E-state index contributed by atoms with van der Waals surface area (Å²) in [6, 6.07) is 0.159. The molecule has 7 heteroatoms. The van der Waals surface area contributed by atoms with Crippen LogP contribution in [-0.4, -0.2) is 20.4 Å². The molecule has 0 aromatic carbocycles. The Hall–Kier alpha value is -0.590. The third-order valence-corrected chi connectivity index (χ3v) is 7.28. The number of carbonyl (C=O) groups is 1. The molecule has 2 atom stereocenters. The predicted molar refractivity (Wildman–Crippen MR) is 85.5 cm³/mol. The van der Waals surface area contributed by atoms with Gasteiger partial charge in [0.25, 0.3) is 15.0 Å². The highest BCUT2D eigenvalue weighted by atomic mass is 35.7. The molecule has 1 aromatic heterocycles. The molecule has 1 aliphatic carbocycles. The van der Waals surface area contributed by atoms with E-state index in [1.165, 1.54) is 6.42 Å². The van der Waals surface area contributed by atoms with E-state index in [0.717, 1.165) is 24.2 Å². The molecule has 2 rings (SSSR count). The van der Waals surface area contributed by atoms with Crippen molar-refractivity contribution in [3.8, 4) is 0 Å². The van der Waals surface area contributed by atoms with Crippen molar-refractivity contribution in [3.05, 3.63) is 16.5 Å². The van der Waals surface area contributed by atoms with Crippen LogP contribution in [0.3, 0.4) is 0 Å². The summed E-state index contributed by atoms with van der Waals surface area (Å²) >= 11 is 0.994. The number of hydrogen-bond acceptors (Lipinski definition) is 4. The lowest BCUT2D eigenvalue weighted by atomic mass is 9.80. The van der Waals surface area contributed by atoms with E-state index in [2.05, 4.69) is 19.2 Å². The van der Waals surface area contributed by atoms with Gasteiger partial charge >= 0.3 is 0 Å². The second-order valence-corrected chi connectivity index (χ2v) is 9.73. The Morgan fingerprint density at radius 1 is 1.29 bits per heavy atom. The summed E-state index contributed by atoms with van der Waals surface area (Å²) in [5, 5.41) is 4.60. The number of halogens is 1. The average molecular weight is 350 g/mol. The Labute approximate surface area is 134 Å². The first-order chi connectivity index (χ1) is 9.68. The van der Waals surface area contributed by atoms with E-state index >= 15 is 0 Å². The van der Waals surface area contributed by atoms with E-state index in [-0.39, 0.29) is 16.2 Å². The van der Waals surface area contributed by atoms with Crippen molar-refractivity contribution in [1.82, 2.24) is 5.32 Å². The lowest BCUT2D eigenvalue weighted by Crippen LogP contribution is -2.40. The Morgan fingerprint density at radius 3 is 2.33 bits per heavy atom. The summed E-state index contributed by atoms with van der Waals surface area (Å²) in [7, 11) is 1.58. The minimum Gasteiger partial charge on any atom is -0.349 e. The molecule has 0 radical (unpaired) electrons. The van der Waals surface area contributed by atoms with Crippen LogP contribution in [0.5, 0.6) is 0 Å². The normalized spacial score (nSPS) is 26.6. The fourth-order valence-electron chi connectivity index (χ4n) is 3.19. The molecule has 0 saturated heterocycles. The van der Waals surface area contributed by atoms with Gasteiger partial charge in [0.1, 0.15) is 4.21 Å². The van der Waals surface area contributed by atoms with Crippen LogP contribution in [0, 0.1) is 18.8 Å². The fraction of sp³-hybridized carbons (Fsp3) is 0.643. The van der Waals surface area contributed by atoms with Crippen LogP contribution in [0.15, 0.2) is 9.59 Å². The topological polar surface area (TPSA) is 63.2 Å². The third-order valence-electron chi connectivity index (χ3n) is 3.97. The van der Waals surface area contributed by atoms with Crippen LogP contribution in [0.25, 0.3) is 0 Å².